The summed E-state index contributed by atoms with van der Waals surface area (Å²) in [6, 6.07) is -0.710. The van der Waals surface area contributed by atoms with E-state index in [2.05, 4.69) is 74.7 Å². The van der Waals surface area contributed by atoms with Crippen molar-refractivity contribution < 1.29 is 24.5 Å². The number of rotatable bonds is 48. The van der Waals surface area contributed by atoms with E-state index in [0.29, 0.717) is 19.3 Å². The van der Waals surface area contributed by atoms with Gasteiger partial charge in [-0.2, -0.15) is 0 Å². The lowest BCUT2D eigenvalue weighted by Crippen LogP contribution is -2.46. The van der Waals surface area contributed by atoms with Crippen LogP contribution in [0.15, 0.2) is 72.9 Å². The summed E-state index contributed by atoms with van der Waals surface area (Å²) in [4.78, 5) is 26.2. The van der Waals surface area contributed by atoms with Crippen LogP contribution in [0.2, 0.25) is 0 Å². The number of amides is 1. The molecule has 0 aliphatic carbocycles. The number of aliphatic hydroxyl groups is 2. The van der Waals surface area contributed by atoms with Crippen LogP contribution in [0.5, 0.6) is 0 Å². The van der Waals surface area contributed by atoms with Crippen LogP contribution in [-0.4, -0.2) is 46.9 Å². The Bertz CT molecular complexity index is 1190. The van der Waals surface area contributed by atoms with Crippen molar-refractivity contribution in [2.45, 2.75) is 277 Å². The monoisotopic (exact) mass is 894 g/mol. The fourth-order valence-corrected chi connectivity index (χ4v) is 7.98. The van der Waals surface area contributed by atoms with Crippen LogP contribution in [0.25, 0.3) is 0 Å². The number of carbonyl (C=O) groups excluding carboxylic acids is 2. The van der Waals surface area contributed by atoms with Crippen molar-refractivity contribution in [3.05, 3.63) is 72.9 Å². The topological polar surface area (TPSA) is 95.9 Å². The highest BCUT2D eigenvalue weighted by Crippen LogP contribution is 2.18. The maximum Gasteiger partial charge on any atom is 0.306 e. The molecule has 0 aromatic heterocycles. The lowest BCUT2D eigenvalue weighted by Gasteiger charge is -2.24. The Balaban J connectivity index is 4.64. The van der Waals surface area contributed by atoms with Crippen molar-refractivity contribution in [1.82, 2.24) is 5.32 Å². The van der Waals surface area contributed by atoms with Crippen LogP contribution in [0, 0.1) is 0 Å². The molecule has 3 atom stereocenters. The highest BCUT2D eigenvalue weighted by atomic mass is 16.5. The van der Waals surface area contributed by atoms with E-state index in [1.807, 2.05) is 24.3 Å². The summed E-state index contributed by atoms with van der Waals surface area (Å²) in [7, 11) is 0. The largest absolute Gasteiger partial charge is 0.462 e. The van der Waals surface area contributed by atoms with Crippen molar-refractivity contribution in [1.29, 1.82) is 0 Å². The molecule has 6 heteroatoms. The quantitative estimate of drug-likeness (QED) is 0.0245. The Morgan fingerprint density at radius 2 is 0.844 bits per heavy atom. The Kier molecular flexibility index (Phi) is 49.1. The highest BCUT2D eigenvalue weighted by molar-refractivity contribution is 5.77. The molecule has 0 aliphatic heterocycles. The van der Waals surface area contributed by atoms with E-state index in [9.17, 15) is 19.8 Å². The van der Waals surface area contributed by atoms with Crippen LogP contribution >= 0.6 is 0 Å². The molecular weight excluding hydrogens is 791 g/mol. The summed E-state index contributed by atoms with van der Waals surface area (Å²) in [5, 5.41) is 23.8. The Morgan fingerprint density at radius 3 is 1.31 bits per heavy atom. The summed E-state index contributed by atoms with van der Waals surface area (Å²) in [5.74, 6) is -0.505. The third-order valence-corrected chi connectivity index (χ3v) is 12.1. The molecule has 0 aromatic rings. The molecule has 0 spiro atoms. The minimum Gasteiger partial charge on any atom is -0.462 e. The van der Waals surface area contributed by atoms with E-state index < -0.39 is 18.2 Å². The first-order valence-corrected chi connectivity index (χ1v) is 27.2. The highest BCUT2D eigenvalue weighted by Gasteiger charge is 2.24. The lowest BCUT2D eigenvalue weighted by molar-refractivity contribution is -0.151. The first kappa shape index (κ1) is 61.3. The van der Waals surface area contributed by atoms with Crippen molar-refractivity contribution in [3.63, 3.8) is 0 Å². The van der Waals surface area contributed by atoms with Crippen molar-refractivity contribution in [2.75, 3.05) is 6.61 Å². The fraction of sp³-hybridized carbons (Fsp3) is 0.759. The van der Waals surface area contributed by atoms with Crippen LogP contribution < -0.4 is 5.32 Å². The van der Waals surface area contributed by atoms with Crippen LogP contribution in [0.1, 0.15) is 258 Å². The molecule has 0 bridgehead atoms. The second kappa shape index (κ2) is 51.3. The van der Waals surface area contributed by atoms with Crippen molar-refractivity contribution in [2.24, 2.45) is 0 Å². The van der Waals surface area contributed by atoms with E-state index in [1.165, 1.54) is 128 Å². The van der Waals surface area contributed by atoms with Gasteiger partial charge in [-0.15, -0.1) is 0 Å². The van der Waals surface area contributed by atoms with Gasteiger partial charge >= 0.3 is 5.97 Å². The first-order chi connectivity index (χ1) is 31.5. The molecule has 0 rings (SSSR count). The maximum absolute atomic E-state index is 13.2. The van der Waals surface area contributed by atoms with Gasteiger partial charge in [0.15, 0.2) is 0 Å². The van der Waals surface area contributed by atoms with Gasteiger partial charge in [-0.3, -0.25) is 9.59 Å². The molecule has 0 radical (unpaired) electrons. The molecule has 0 aromatic carbocycles. The zero-order chi connectivity index (χ0) is 46.7. The van der Waals surface area contributed by atoms with E-state index in [0.717, 1.165) is 83.5 Å². The van der Waals surface area contributed by atoms with Gasteiger partial charge in [0, 0.05) is 6.42 Å². The molecule has 0 saturated carbocycles. The molecule has 1 amide bonds. The molecule has 0 saturated heterocycles. The van der Waals surface area contributed by atoms with Crippen LogP contribution in [0.4, 0.5) is 0 Å². The third-order valence-electron chi connectivity index (χ3n) is 12.1. The molecule has 3 N–H and O–H groups in total. The van der Waals surface area contributed by atoms with E-state index >= 15 is 0 Å². The minimum atomic E-state index is -0.795. The average Bonchev–Trinajstić information content (AvgIpc) is 3.29. The number of esters is 1. The fourth-order valence-electron chi connectivity index (χ4n) is 7.98. The Hall–Kier alpha value is -2.70. The standard InChI is InChI=1S/C58H103NO5/c1-4-7-10-13-16-19-22-24-26-28-30-32-34-36-39-42-45-48-51-58(63)64-54(49-46-43-40-37-35-33-31-29-27-25-23-20-17-14-11-8-5-2)52-57(62)59-55(53-60)56(61)50-47-44-41-38-21-18-15-12-9-6-3/h10,13,16,19,22,24-28,30,32,54-56,60-61H,4-9,11-12,14-15,17-18,20-21,23,29,31,33-53H2,1-3H3,(H,59,62)/b13-10+,19-16+,24-22+,27-25+,28-26+,32-30+. The van der Waals surface area contributed by atoms with Gasteiger partial charge in [0.1, 0.15) is 6.10 Å². The first-order valence-electron chi connectivity index (χ1n) is 27.2. The van der Waals surface area contributed by atoms with Crippen LogP contribution in [0.3, 0.4) is 0 Å². The summed E-state index contributed by atoms with van der Waals surface area (Å²) in [5.41, 5.74) is 0. The van der Waals surface area contributed by atoms with Gasteiger partial charge in [-0.1, -0.05) is 248 Å². The number of aliphatic hydroxyl groups excluding tert-OH is 2. The number of allylic oxidation sites excluding steroid dienone is 12. The van der Waals surface area contributed by atoms with E-state index in [-0.39, 0.29) is 24.9 Å². The molecule has 370 valence electrons. The zero-order valence-corrected chi connectivity index (χ0v) is 42.1. The maximum atomic E-state index is 13.2. The van der Waals surface area contributed by atoms with Gasteiger partial charge in [-0.05, 0) is 70.6 Å². The number of ether oxygens (including phenoxy) is 1. The van der Waals surface area contributed by atoms with E-state index in [1.54, 1.807) is 0 Å². The summed E-state index contributed by atoms with van der Waals surface area (Å²) < 4.78 is 5.94. The smallest absolute Gasteiger partial charge is 0.306 e. The second-order valence-corrected chi connectivity index (χ2v) is 18.4. The van der Waals surface area contributed by atoms with Crippen molar-refractivity contribution in [3.8, 4) is 0 Å². The number of unbranched alkanes of at least 4 members (excludes halogenated alkanes) is 28. The predicted octanol–water partition coefficient (Wildman–Crippen LogP) is 16.6. The number of carbonyl (C=O) groups is 2. The Labute approximate surface area is 396 Å². The SMILES string of the molecule is CCC/C=C/C=C/C=C/C=C/C=C/CCCCCCCC(=O)OC(CCCCCCCCC/C=C/CCCCCCCC)CC(=O)NC(CO)C(O)CCCCCCCCCCCC. The second-order valence-electron chi connectivity index (χ2n) is 18.4. The molecule has 64 heavy (non-hydrogen) atoms. The minimum absolute atomic E-state index is 0.0619. The predicted molar refractivity (Wildman–Crippen MR) is 278 cm³/mol. The lowest BCUT2D eigenvalue weighted by atomic mass is 10.0. The summed E-state index contributed by atoms with van der Waals surface area (Å²) in [6.45, 7) is 6.38. The Morgan fingerprint density at radius 1 is 0.453 bits per heavy atom. The van der Waals surface area contributed by atoms with Gasteiger partial charge in [0.2, 0.25) is 5.91 Å². The van der Waals surface area contributed by atoms with Gasteiger partial charge in [0.25, 0.3) is 0 Å². The molecule has 3 unspecified atom stereocenters. The number of nitrogens with one attached hydrogen (secondary N) is 1. The molecule has 0 aliphatic rings. The molecule has 6 nitrogen and oxygen atoms in total. The van der Waals surface area contributed by atoms with Crippen molar-refractivity contribution >= 4 is 11.9 Å². The normalized spacial score (nSPS) is 13.8. The summed E-state index contributed by atoms with van der Waals surface area (Å²) in [6.07, 6.45) is 65.3. The van der Waals surface area contributed by atoms with Gasteiger partial charge < -0.3 is 20.3 Å². The average molecular weight is 894 g/mol. The summed E-state index contributed by atoms with van der Waals surface area (Å²) >= 11 is 0. The molecule has 0 heterocycles. The zero-order valence-electron chi connectivity index (χ0n) is 42.1. The number of hydrogen-bond acceptors (Lipinski definition) is 5. The number of hydrogen-bond donors (Lipinski definition) is 3. The van der Waals surface area contributed by atoms with E-state index in [4.69, 9.17) is 4.74 Å². The van der Waals surface area contributed by atoms with Crippen LogP contribution in [-0.2, 0) is 14.3 Å². The third kappa shape index (κ3) is 45.9. The van der Waals surface area contributed by atoms with Gasteiger partial charge in [-0.25, -0.2) is 0 Å². The molecular formula is C58H103NO5. The van der Waals surface area contributed by atoms with Gasteiger partial charge in [0.05, 0.1) is 25.2 Å². The molecule has 0 fully saturated rings.